The Balaban J connectivity index is 2.03. The number of hydrogen-bond donors (Lipinski definition) is 1. The van der Waals surface area contributed by atoms with Gasteiger partial charge in [-0.1, -0.05) is 36.4 Å². The first-order valence-electron chi connectivity index (χ1n) is 8.16. The highest BCUT2D eigenvalue weighted by atomic mass is 16.5. The lowest BCUT2D eigenvalue weighted by molar-refractivity contribution is -0.117. The van der Waals surface area contributed by atoms with Crippen LogP contribution < -0.4 is 5.32 Å². The monoisotopic (exact) mass is 340 g/mol. The van der Waals surface area contributed by atoms with Crippen molar-refractivity contribution in [1.82, 2.24) is 4.90 Å². The highest BCUT2D eigenvalue weighted by Crippen LogP contribution is 2.20. The third-order valence-corrected chi connectivity index (χ3v) is 4.27. The second kappa shape index (κ2) is 8.44. The summed E-state index contributed by atoms with van der Waals surface area (Å²) in [5.74, 6) is -0.555. The molecule has 2 aromatic rings. The van der Waals surface area contributed by atoms with Gasteiger partial charge in [0.05, 0.1) is 19.2 Å². The molecule has 2 rings (SSSR count). The third kappa shape index (κ3) is 4.90. The zero-order chi connectivity index (χ0) is 18.4. The summed E-state index contributed by atoms with van der Waals surface area (Å²) in [5, 5.41) is 2.88. The number of aryl methyl sites for hydroxylation is 1. The lowest BCUT2D eigenvalue weighted by atomic mass is 10.1. The molecule has 0 bridgehead atoms. The predicted molar refractivity (Wildman–Crippen MR) is 98.6 cm³/mol. The lowest BCUT2D eigenvalue weighted by Crippen LogP contribution is -2.32. The van der Waals surface area contributed by atoms with E-state index in [4.69, 9.17) is 4.74 Å². The van der Waals surface area contributed by atoms with Crippen LogP contribution in [0, 0.1) is 6.92 Å². The molecule has 0 aromatic heterocycles. The van der Waals surface area contributed by atoms with Crippen LogP contribution in [0.15, 0.2) is 48.5 Å². The minimum Gasteiger partial charge on any atom is -0.465 e. The number of nitrogens with zero attached hydrogens (tertiary/aromatic N) is 1. The number of nitrogens with one attached hydrogen (secondary N) is 1. The number of anilines is 1. The van der Waals surface area contributed by atoms with Crippen molar-refractivity contribution in [3.63, 3.8) is 0 Å². The van der Waals surface area contributed by atoms with Crippen LogP contribution in [-0.4, -0.2) is 37.5 Å². The van der Waals surface area contributed by atoms with Crippen molar-refractivity contribution in [2.45, 2.75) is 19.9 Å². The Hall–Kier alpha value is -2.66. The average Bonchev–Trinajstić information content (AvgIpc) is 2.62. The van der Waals surface area contributed by atoms with E-state index in [-0.39, 0.29) is 18.5 Å². The zero-order valence-corrected chi connectivity index (χ0v) is 15.1. The summed E-state index contributed by atoms with van der Waals surface area (Å²) >= 11 is 0. The fraction of sp³-hybridized carbons (Fsp3) is 0.300. The Bertz CT molecular complexity index is 744. The molecule has 1 unspecified atom stereocenters. The fourth-order valence-electron chi connectivity index (χ4n) is 2.54. The number of amides is 1. The van der Waals surface area contributed by atoms with Gasteiger partial charge < -0.3 is 10.1 Å². The van der Waals surface area contributed by atoms with E-state index in [1.807, 2.05) is 49.2 Å². The first-order chi connectivity index (χ1) is 11.9. The lowest BCUT2D eigenvalue weighted by Gasteiger charge is -2.24. The highest BCUT2D eigenvalue weighted by Gasteiger charge is 2.16. The van der Waals surface area contributed by atoms with Crippen LogP contribution >= 0.6 is 0 Å². The minimum absolute atomic E-state index is 0.120. The van der Waals surface area contributed by atoms with Gasteiger partial charge in [-0.05, 0) is 44.2 Å². The van der Waals surface area contributed by atoms with Crippen LogP contribution in [0.4, 0.5) is 5.69 Å². The molecule has 5 nitrogen and oxygen atoms in total. The van der Waals surface area contributed by atoms with Gasteiger partial charge in [0, 0.05) is 11.7 Å². The van der Waals surface area contributed by atoms with Crippen LogP contribution in [0.25, 0.3) is 0 Å². The quantitative estimate of drug-likeness (QED) is 0.819. The number of ether oxygens (including phenoxy) is 1. The number of carbonyl (C=O) groups excluding carboxylic acids is 2. The van der Waals surface area contributed by atoms with E-state index in [9.17, 15) is 9.59 Å². The standard InChI is InChI=1S/C20H24N2O3/c1-14-10-11-17(20(24)25-4)12-18(14)21-19(23)13-22(3)15(2)16-8-6-5-7-9-16/h5-12,15H,13H2,1-4H3,(H,21,23). The molecule has 0 aliphatic carbocycles. The summed E-state index contributed by atoms with van der Waals surface area (Å²) < 4.78 is 4.72. The van der Waals surface area contributed by atoms with E-state index in [1.165, 1.54) is 7.11 Å². The smallest absolute Gasteiger partial charge is 0.337 e. The first-order valence-corrected chi connectivity index (χ1v) is 8.16. The van der Waals surface area contributed by atoms with Crippen LogP contribution in [0.2, 0.25) is 0 Å². The maximum Gasteiger partial charge on any atom is 0.337 e. The van der Waals surface area contributed by atoms with Gasteiger partial charge in [-0.3, -0.25) is 9.69 Å². The molecule has 1 atom stereocenters. The van der Waals surface area contributed by atoms with Crippen molar-refractivity contribution in [2.75, 3.05) is 26.0 Å². The van der Waals surface area contributed by atoms with Crippen molar-refractivity contribution < 1.29 is 14.3 Å². The summed E-state index contributed by atoms with van der Waals surface area (Å²) in [5.41, 5.74) is 3.07. The molecule has 132 valence electrons. The molecule has 0 aliphatic heterocycles. The largest absolute Gasteiger partial charge is 0.465 e. The molecule has 0 radical (unpaired) electrons. The SMILES string of the molecule is COC(=O)c1ccc(C)c(NC(=O)CN(C)C(C)c2ccccc2)c1. The second-order valence-electron chi connectivity index (χ2n) is 6.07. The number of esters is 1. The van der Waals surface area contributed by atoms with E-state index in [2.05, 4.69) is 12.2 Å². The second-order valence-corrected chi connectivity index (χ2v) is 6.07. The Morgan fingerprint density at radius 2 is 1.84 bits per heavy atom. The van der Waals surface area contributed by atoms with E-state index >= 15 is 0 Å². The van der Waals surface area contributed by atoms with E-state index in [0.29, 0.717) is 11.3 Å². The molecule has 0 heterocycles. The van der Waals surface area contributed by atoms with Crippen LogP contribution in [0.5, 0.6) is 0 Å². The number of carbonyl (C=O) groups is 2. The van der Waals surface area contributed by atoms with Gasteiger partial charge in [0.25, 0.3) is 0 Å². The van der Waals surface area contributed by atoms with Gasteiger partial charge in [-0.25, -0.2) is 4.79 Å². The summed E-state index contributed by atoms with van der Waals surface area (Å²) in [6.45, 7) is 4.19. The Labute approximate surface area is 148 Å². The maximum atomic E-state index is 12.4. The molecule has 0 saturated carbocycles. The average molecular weight is 340 g/mol. The highest BCUT2D eigenvalue weighted by molar-refractivity contribution is 5.96. The molecular weight excluding hydrogens is 316 g/mol. The number of likely N-dealkylation sites (N-methyl/N-ethyl adjacent to an activating group) is 1. The summed E-state index contributed by atoms with van der Waals surface area (Å²) in [6, 6.07) is 15.3. The number of rotatable bonds is 6. The van der Waals surface area contributed by atoms with Gasteiger partial charge in [0.1, 0.15) is 0 Å². The van der Waals surface area contributed by atoms with Gasteiger partial charge in [-0.2, -0.15) is 0 Å². The van der Waals surface area contributed by atoms with Crippen molar-refractivity contribution in [3.05, 3.63) is 65.2 Å². The molecule has 5 heteroatoms. The van der Waals surface area contributed by atoms with Gasteiger partial charge >= 0.3 is 5.97 Å². The van der Waals surface area contributed by atoms with Crippen LogP contribution in [0.3, 0.4) is 0 Å². The van der Waals surface area contributed by atoms with Crippen molar-refractivity contribution in [2.24, 2.45) is 0 Å². The maximum absolute atomic E-state index is 12.4. The topological polar surface area (TPSA) is 58.6 Å². The molecule has 1 N–H and O–H groups in total. The predicted octanol–water partition coefficient (Wildman–Crippen LogP) is 3.41. The molecule has 2 aromatic carbocycles. The Morgan fingerprint density at radius 3 is 2.48 bits per heavy atom. The first kappa shape index (κ1) is 18.7. The summed E-state index contributed by atoms with van der Waals surface area (Å²) in [6.07, 6.45) is 0. The molecular formula is C20H24N2O3. The molecule has 0 fully saturated rings. The third-order valence-electron chi connectivity index (χ3n) is 4.27. The molecule has 0 spiro atoms. The molecule has 1 amide bonds. The van der Waals surface area contributed by atoms with E-state index in [1.54, 1.807) is 18.2 Å². The van der Waals surface area contributed by atoms with Crippen LogP contribution in [0.1, 0.15) is 34.5 Å². The van der Waals surface area contributed by atoms with Gasteiger partial charge in [0.2, 0.25) is 5.91 Å². The number of benzene rings is 2. The van der Waals surface area contributed by atoms with Gasteiger partial charge in [0.15, 0.2) is 0 Å². The summed E-state index contributed by atoms with van der Waals surface area (Å²) in [4.78, 5) is 26.0. The number of methoxy groups -OCH3 is 1. The molecule has 0 aliphatic rings. The van der Waals surface area contributed by atoms with Crippen LogP contribution in [-0.2, 0) is 9.53 Å². The normalized spacial score (nSPS) is 11.9. The van der Waals surface area contributed by atoms with Gasteiger partial charge in [-0.15, -0.1) is 0 Å². The zero-order valence-electron chi connectivity index (χ0n) is 15.1. The van der Waals surface area contributed by atoms with Crippen molar-refractivity contribution >= 4 is 17.6 Å². The number of hydrogen-bond acceptors (Lipinski definition) is 4. The molecule has 0 saturated heterocycles. The molecule has 25 heavy (non-hydrogen) atoms. The van der Waals surface area contributed by atoms with E-state index < -0.39 is 5.97 Å². The summed E-state index contributed by atoms with van der Waals surface area (Å²) in [7, 11) is 3.25. The van der Waals surface area contributed by atoms with Crippen molar-refractivity contribution in [3.8, 4) is 0 Å². The minimum atomic E-state index is -0.426. The Morgan fingerprint density at radius 1 is 1.16 bits per heavy atom. The van der Waals surface area contributed by atoms with Crippen molar-refractivity contribution in [1.29, 1.82) is 0 Å². The Kier molecular flexibility index (Phi) is 6.31. The van der Waals surface area contributed by atoms with E-state index in [0.717, 1.165) is 11.1 Å². The fourth-order valence-corrected chi connectivity index (χ4v) is 2.54.